The van der Waals surface area contributed by atoms with Gasteiger partial charge in [0, 0.05) is 6.54 Å². The summed E-state index contributed by atoms with van der Waals surface area (Å²) >= 11 is 0. The molecule has 0 amide bonds. The molecule has 0 spiro atoms. The highest BCUT2D eigenvalue weighted by atomic mass is 19.1. The van der Waals surface area contributed by atoms with E-state index in [2.05, 4.69) is 0 Å². The Morgan fingerprint density at radius 1 is 1.71 bits per heavy atom. The maximum Gasteiger partial charge on any atom is 0.112 e. The van der Waals surface area contributed by atoms with Crippen molar-refractivity contribution in [3.8, 4) is 0 Å². The van der Waals surface area contributed by atoms with Crippen molar-refractivity contribution in [3.63, 3.8) is 0 Å². The van der Waals surface area contributed by atoms with E-state index >= 15 is 0 Å². The minimum atomic E-state index is -0.775. The van der Waals surface area contributed by atoms with Gasteiger partial charge in [-0.3, -0.25) is 0 Å². The molecule has 0 rings (SSSR count). The highest BCUT2D eigenvalue weighted by Crippen LogP contribution is 1.89. The number of nitrogens with two attached hydrogens (primary N) is 1. The van der Waals surface area contributed by atoms with Crippen LogP contribution in [-0.2, 0) is 0 Å². The Morgan fingerprint density at radius 3 is 2.43 bits per heavy atom. The lowest BCUT2D eigenvalue weighted by atomic mass is 10.5. The predicted octanol–water partition coefficient (Wildman–Crippen LogP) is 0.768. The number of halogens is 2. The predicted molar refractivity (Wildman–Crippen MR) is 24.2 cm³/mol. The fraction of sp³-hybridized carbons (Fsp3) is 0.500. The molecule has 0 aromatic heterocycles. The van der Waals surface area contributed by atoms with E-state index in [1.54, 1.807) is 0 Å². The average Bonchev–Trinajstić information content (AvgIpc) is 1.68. The van der Waals surface area contributed by atoms with E-state index in [1.165, 1.54) is 0 Å². The first kappa shape index (κ1) is 6.56. The smallest absolute Gasteiger partial charge is 0.112 e. The van der Waals surface area contributed by atoms with Crippen molar-refractivity contribution >= 4 is 0 Å². The Hall–Kier alpha value is -0.440. The van der Waals surface area contributed by atoms with Gasteiger partial charge in [0.2, 0.25) is 0 Å². The topological polar surface area (TPSA) is 26.0 Å². The van der Waals surface area contributed by atoms with Gasteiger partial charge in [-0.15, -0.1) is 0 Å². The molecule has 0 aliphatic carbocycles. The van der Waals surface area contributed by atoms with Gasteiger partial charge in [-0.2, -0.15) is 0 Å². The monoisotopic (exact) mass is 107 g/mol. The maximum atomic E-state index is 11.6. The van der Waals surface area contributed by atoms with Gasteiger partial charge >= 0.3 is 0 Å². The molecule has 0 atom stereocenters. The van der Waals surface area contributed by atoms with Gasteiger partial charge in [-0.1, -0.05) is 0 Å². The van der Waals surface area contributed by atoms with Crippen LogP contribution in [-0.4, -0.2) is 13.2 Å². The second-order valence-corrected chi connectivity index (χ2v) is 1.01. The SMILES string of the molecule is NCC(F)=CCF. The molecule has 0 heterocycles. The third-order valence-corrected chi connectivity index (χ3v) is 0.494. The van der Waals surface area contributed by atoms with Crippen LogP contribution in [0.2, 0.25) is 0 Å². The summed E-state index contributed by atoms with van der Waals surface area (Å²) in [7, 11) is 0. The zero-order valence-corrected chi connectivity index (χ0v) is 3.82. The first-order valence-corrected chi connectivity index (χ1v) is 1.91. The molecular formula is C4H7F2N. The van der Waals surface area contributed by atoms with Crippen LogP contribution in [0.4, 0.5) is 8.78 Å². The van der Waals surface area contributed by atoms with Gasteiger partial charge in [0.15, 0.2) is 0 Å². The van der Waals surface area contributed by atoms with Crippen molar-refractivity contribution in [2.45, 2.75) is 0 Å². The first-order chi connectivity index (χ1) is 3.31. The fourth-order valence-corrected chi connectivity index (χ4v) is 0.167. The van der Waals surface area contributed by atoms with Crippen molar-refractivity contribution in [2.24, 2.45) is 5.73 Å². The van der Waals surface area contributed by atoms with Crippen molar-refractivity contribution in [1.82, 2.24) is 0 Å². The second kappa shape index (κ2) is 3.74. The van der Waals surface area contributed by atoms with Crippen molar-refractivity contribution < 1.29 is 8.78 Å². The molecule has 0 radical (unpaired) electrons. The van der Waals surface area contributed by atoms with Crippen LogP contribution in [0.15, 0.2) is 11.9 Å². The summed E-state index contributed by atoms with van der Waals surface area (Å²) in [5, 5.41) is 0. The molecule has 0 saturated carbocycles. The number of hydrogen-bond donors (Lipinski definition) is 1. The summed E-state index contributed by atoms with van der Waals surface area (Å²) in [5.41, 5.74) is 4.75. The van der Waals surface area contributed by atoms with E-state index in [0.717, 1.165) is 6.08 Å². The molecule has 42 valence electrons. The number of alkyl halides is 1. The van der Waals surface area contributed by atoms with Crippen LogP contribution in [0.25, 0.3) is 0 Å². The standard InChI is InChI=1S/C4H7F2N/c5-2-1-4(6)3-7/h1H,2-3,7H2. The van der Waals surface area contributed by atoms with Crippen molar-refractivity contribution in [2.75, 3.05) is 13.2 Å². The van der Waals surface area contributed by atoms with E-state index < -0.39 is 12.5 Å². The van der Waals surface area contributed by atoms with Crippen LogP contribution >= 0.6 is 0 Å². The molecule has 1 nitrogen and oxygen atoms in total. The number of hydrogen-bond acceptors (Lipinski definition) is 1. The van der Waals surface area contributed by atoms with E-state index in [1.807, 2.05) is 0 Å². The average molecular weight is 107 g/mol. The summed E-state index contributed by atoms with van der Waals surface area (Å²) in [5.74, 6) is -0.595. The summed E-state index contributed by atoms with van der Waals surface area (Å²) in [6.45, 7) is -0.979. The molecule has 3 heteroatoms. The normalized spacial score (nSPS) is 12.1. The lowest BCUT2D eigenvalue weighted by Gasteiger charge is -1.82. The third kappa shape index (κ3) is 3.39. The van der Waals surface area contributed by atoms with Gasteiger partial charge in [-0.25, -0.2) is 8.78 Å². The lowest BCUT2D eigenvalue weighted by Crippen LogP contribution is -1.98. The Kier molecular flexibility index (Phi) is 3.50. The highest BCUT2D eigenvalue weighted by Gasteiger charge is 1.84. The van der Waals surface area contributed by atoms with Crippen LogP contribution in [0, 0.1) is 0 Å². The van der Waals surface area contributed by atoms with E-state index in [0.29, 0.717) is 0 Å². The molecule has 0 aromatic rings. The maximum absolute atomic E-state index is 11.6. The summed E-state index contributed by atoms with van der Waals surface area (Å²) in [6, 6.07) is 0. The Balaban J connectivity index is 3.29. The molecule has 0 aliphatic rings. The molecule has 0 aromatic carbocycles. The zero-order chi connectivity index (χ0) is 5.70. The van der Waals surface area contributed by atoms with E-state index in [9.17, 15) is 8.78 Å². The molecule has 7 heavy (non-hydrogen) atoms. The number of rotatable bonds is 2. The first-order valence-electron chi connectivity index (χ1n) is 1.91. The Labute approximate surface area is 40.8 Å². The molecule has 0 bridgehead atoms. The quantitative estimate of drug-likeness (QED) is 0.554. The Morgan fingerprint density at radius 2 is 2.29 bits per heavy atom. The van der Waals surface area contributed by atoms with E-state index in [-0.39, 0.29) is 6.54 Å². The van der Waals surface area contributed by atoms with Crippen LogP contribution in [0.3, 0.4) is 0 Å². The fourth-order valence-electron chi connectivity index (χ4n) is 0.167. The van der Waals surface area contributed by atoms with Gasteiger partial charge in [-0.05, 0) is 6.08 Å². The minimum Gasteiger partial charge on any atom is -0.325 e. The third-order valence-electron chi connectivity index (χ3n) is 0.494. The summed E-state index contributed by atoms with van der Waals surface area (Å²) in [6.07, 6.45) is 0.806. The van der Waals surface area contributed by atoms with Crippen LogP contribution in [0.1, 0.15) is 0 Å². The second-order valence-electron chi connectivity index (χ2n) is 1.01. The summed E-state index contributed by atoms with van der Waals surface area (Å²) < 4.78 is 22.7. The highest BCUT2D eigenvalue weighted by molar-refractivity contribution is 4.91. The van der Waals surface area contributed by atoms with Gasteiger partial charge in [0.1, 0.15) is 12.5 Å². The number of allylic oxidation sites excluding steroid dienone is 1. The van der Waals surface area contributed by atoms with Gasteiger partial charge < -0.3 is 5.73 Å². The van der Waals surface area contributed by atoms with Gasteiger partial charge in [0.05, 0.1) is 0 Å². The van der Waals surface area contributed by atoms with Crippen LogP contribution in [0.5, 0.6) is 0 Å². The van der Waals surface area contributed by atoms with Gasteiger partial charge in [0.25, 0.3) is 0 Å². The largest absolute Gasteiger partial charge is 0.325 e. The van der Waals surface area contributed by atoms with Crippen LogP contribution < -0.4 is 5.73 Å². The van der Waals surface area contributed by atoms with Crippen molar-refractivity contribution in [3.05, 3.63) is 11.9 Å². The molecule has 0 fully saturated rings. The molecule has 0 saturated heterocycles. The summed E-state index contributed by atoms with van der Waals surface area (Å²) in [4.78, 5) is 0. The van der Waals surface area contributed by atoms with Crippen molar-refractivity contribution in [1.29, 1.82) is 0 Å². The minimum absolute atomic E-state index is 0.204. The zero-order valence-electron chi connectivity index (χ0n) is 3.82. The van der Waals surface area contributed by atoms with E-state index in [4.69, 9.17) is 5.73 Å². The lowest BCUT2D eigenvalue weighted by molar-refractivity contribution is 0.538. The molecule has 0 aliphatic heterocycles. The molecule has 0 unspecified atom stereocenters. The Bertz CT molecular complexity index is 70.1. The molecule has 2 N–H and O–H groups in total. The molecular weight excluding hydrogens is 100 g/mol.